The van der Waals surface area contributed by atoms with Crippen LogP contribution in [0.1, 0.15) is 46.6 Å². The number of nitrogens with zero attached hydrogens (tertiary/aromatic N) is 3. The van der Waals surface area contributed by atoms with E-state index in [2.05, 4.69) is 28.6 Å². The number of carbonyl (C=O) groups is 1. The predicted molar refractivity (Wildman–Crippen MR) is 114 cm³/mol. The third-order valence-electron chi connectivity index (χ3n) is 5.04. The Labute approximate surface area is 176 Å². The molecule has 0 atom stereocenters. The van der Waals surface area contributed by atoms with Crippen molar-refractivity contribution in [1.82, 2.24) is 14.9 Å². The molecule has 0 spiro atoms. The number of nitrogens with one attached hydrogen (secondary N) is 1. The van der Waals surface area contributed by atoms with Crippen LogP contribution in [0.4, 0.5) is 5.95 Å². The molecule has 1 N–H and O–H groups in total. The Bertz CT molecular complexity index is 842. The van der Waals surface area contributed by atoms with Gasteiger partial charge in [0, 0.05) is 25.0 Å². The zero-order valence-electron chi connectivity index (χ0n) is 16.8. The number of fused-ring (bicyclic) bond motifs is 1. The van der Waals surface area contributed by atoms with Crippen molar-refractivity contribution in [3.8, 4) is 0 Å². The minimum atomic E-state index is 0.00720. The predicted octanol–water partition coefficient (Wildman–Crippen LogP) is 4.64. The van der Waals surface area contributed by atoms with Crippen LogP contribution in [0.15, 0.2) is 12.1 Å². The van der Waals surface area contributed by atoms with E-state index in [1.54, 1.807) is 0 Å². The average Bonchev–Trinajstić information content (AvgIpc) is 3.00. The van der Waals surface area contributed by atoms with Gasteiger partial charge in [0.05, 0.1) is 27.2 Å². The van der Waals surface area contributed by atoms with Gasteiger partial charge in [-0.3, -0.25) is 4.79 Å². The maximum atomic E-state index is 12.4. The van der Waals surface area contributed by atoms with Crippen molar-refractivity contribution in [2.45, 2.75) is 52.7 Å². The number of piperidine rings is 1. The number of ether oxygens (including phenoxy) is 1. The van der Waals surface area contributed by atoms with Crippen molar-refractivity contribution < 1.29 is 9.53 Å². The Hall–Kier alpha value is -1.50. The number of hydrogen-bond acceptors (Lipinski definition) is 4. The van der Waals surface area contributed by atoms with E-state index >= 15 is 0 Å². The number of benzene rings is 1. The monoisotopic (exact) mass is 426 g/mol. The highest BCUT2D eigenvalue weighted by molar-refractivity contribution is 6.42. The first kappa shape index (κ1) is 21.2. The maximum Gasteiger partial charge on any atom is 0.225 e. The van der Waals surface area contributed by atoms with Gasteiger partial charge in [-0.2, -0.15) is 0 Å². The van der Waals surface area contributed by atoms with Gasteiger partial charge < -0.3 is 19.5 Å². The van der Waals surface area contributed by atoms with E-state index < -0.39 is 0 Å². The van der Waals surface area contributed by atoms with Crippen LogP contribution in [0, 0.1) is 5.92 Å². The molecule has 1 saturated heterocycles. The molecule has 1 fully saturated rings. The number of hydrogen-bond donors (Lipinski definition) is 1. The summed E-state index contributed by atoms with van der Waals surface area (Å²) in [7, 11) is 0. The van der Waals surface area contributed by atoms with Crippen LogP contribution in [0.5, 0.6) is 0 Å². The third-order valence-corrected chi connectivity index (χ3v) is 5.76. The zero-order chi connectivity index (χ0) is 20.4. The van der Waals surface area contributed by atoms with Crippen molar-refractivity contribution in [3.05, 3.63) is 22.2 Å². The summed E-state index contributed by atoms with van der Waals surface area (Å²) in [6.45, 7) is 9.98. The lowest BCUT2D eigenvalue weighted by Gasteiger charge is -2.33. The van der Waals surface area contributed by atoms with Crippen LogP contribution >= 0.6 is 23.2 Å². The lowest BCUT2D eigenvalue weighted by molar-refractivity contribution is -0.127. The van der Waals surface area contributed by atoms with Gasteiger partial charge in [-0.25, -0.2) is 4.98 Å². The zero-order valence-corrected chi connectivity index (χ0v) is 18.3. The number of halogens is 2. The summed E-state index contributed by atoms with van der Waals surface area (Å²) in [6.07, 6.45) is 1.68. The molecule has 2 heterocycles. The molecule has 3 rings (SSSR count). The molecule has 1 aliphatic rings. The van der Waals surface area contributed by atoms with Crippen molar-refractivity contribution in [3.63, 3.8) is 0 Å². The smallest absolute Gasteiger partial charge is 0.225 e. The highest BCUT2D eigenvalue weighted by Gasteiger charge is 2.28. The third kappa shape index (κ3) is 4.56. The van der Waals surface area contributed by atoms with Crippen molar-refractivity contribution >= 4 is 46.1 Å². The van der Waals surface area contributed by atoms with Crippen molar-refractivity contribution in [1.29, 1.82) is 0 Å². The lowest BCUT2D eigenvalue weighted by Crippen LogP contribution is -2.42. The number of rotatable bonds is 6. The van der Waals surface area contributed by atoms with E-state index in [4.69, 9.17) is 32.9 Å². The van der Waals surface area contributed by atoms with Gasteiger partial charge in [0.2, 0.25) is 11.9 Å². The molecular weight excluding hydrogens is 399 g/mol. The Balaban J connectivity index is 1.73. The second kappa shape index (κ2) is 8.89. The van der Waals surface area contributed by atoms with Gasteiger partial charge >= 0.3 is 0 Å². The second-order valence-corrected chi connectivity index (χ2v) is 8.61. The van der Waals surface area contributed by atoms with E-state index in [0.717, 1.165) is 42.9 Å². The van der Waals surface area contributed by atoms with Gasteiger partial charge in [-0.1, -0.05) is 23.2 Å². The van der Waals surface area contributed by atoms with Crippen molar-refractivity contribution in [2.24, 2.45) is 5.92 Å². The summed E-state index contributed by atoms with van der Waals surface area (Å²) in [5, 5.41) is 3.91. The molecule has 28 heavy (non-hydrogen) atoms. The first-order chi connectivity index (χ1) is 13.3. The van der Waals surface area contributed by atoms with Crippen LogP contribution in [0.25, 0.3) is 11.0 Å². The molecule has 8 heteroatoms. The molecule has 1 aromatic carbocycles. The molecule has 1 aromatic heterocycles. The quantitative estimate of drug-likeness (QED) is 0.683. The lowest BCUT2D eigenvalue weighted by atomic mass is 9.96. The molecular formula is C20H28Cl2N4O2. The van der Waals surface area contributed by atoms with Gasteiger partial charge in [-0.05, 0) is 52.7 Å². The van der Waals surface area contributed by atoms with E-state index in [-0.39, 0.29) is 30.7 Å². The van der Waals surface area contributed by atoms with E-state index in [9.17, 15) is 4.79 Å². The number of imidazole rings is 1. The molecule has 0 bridgehead atoms. The Kier molecular flexibility index (Phi) is 6.73. The SMILES string of the molecule is CC(C)OCNC(=O)C1CCN(c2nc3cc(Cl)c(Cl)cc3n2C(C)C)CC1. The largest absolute Gasteiger partial charge is 0.359 e. The first-order valence-corrected chi connectivity index (χ1v) is 10.5. The Morgan fingerprint density at radius 1 is 1.21 bits per heavy atom. The minimum absolute atomic E-state index is 0.00720. The molecule has 1 aliphatic heterocycles. The van der Waals surface area contributed by atoms with Crippen LogP contribution in [-0.4, -0.2) is 41.4 Å². The summed E-state index contributed by atoms with van der Waals surface area (Å²) in [5.41, 5.74) is 1.81. The molecule has 0 unspecified atom stereocenters. The highest BCUT2D eigenvalue weighted by atomic mass is 35.5. The van der Waals surface area contributed by atoms with Crippen LogP contribution < -0.4 is 10.2 Å². The van der Waals surface area contributed by atoms with Crippen molar-refractivity contribution in [2.75, 3.05) is 24.7 Å². The molecule has 1 amide bonds. The minimum Gasteiger partial charge on any atom is -0.359 e. The van der Waals surface area contributed by atoms with Gasteiger partial charge in [0.15, 0.2) is 0 Å². The molecule has 2 aromatic rings. The van der Waals surface area contributed by atoms with E-state index in [1.165, 1.54) is 0 Å². The maximum absolute atomic E-state index is 12.4. The normalized spacial score (nSPS) is 15.8. The van der Waals surface area contributed by atoms with E-state index in [0.29, 0.717) is 10.0 Å². The second-order valence-electron chi connectivity index (χ2n) is 7.79. The first-order valence-electron chi connectivity index (χ1n) is 9.79. The number of carbonyl (C=O) groups excluding carboxylic acids is 1. The number of anilines is 1. The Morgan fingerprint density at radius 2 is 1.86 bits per heavy atom. The van der Waals surface area contributed by atoms with Crippen LogP contribution in [0.2, 0.25) is 10.0 Å². The molecule has 0 radical (unpaired) electrons. The highest BCUT2D eigenvalue weighted by Crippen LogP contribution is 2.34. The molecule has 6 nitrogen and oxygen atoms in total. The standard InChI is InChI=1S/C20H28Cl2N4O2/c1-12(2)26-18-10-16(22)15(21)9-17(18)24-20(26)25-7-5-14(6-8-25)19(27)23-11-28-13(3)4/h9-10,12-14H,5-8,11H2,1-4H3,(H,23,27). The Morgan fingerprint density at radius 3 is 2.46 bits per heavy atom. The molecule has 0 saturated carbocycles. The fourth-order valence-electron chi connectivity index (χ4n) is 3.58. The fourth-order valence-corrected chi connectivity index (χ4v) is 3.89. The van der Waals surface area contributed by atoms with Gasteiger partial charge in [0.25, 0.3) is 0 Å². The summed E-state index contributed by atoms with van der Waals surface area (Å²) in [4.78, 5) is 19.4. The number of amides is 1. The molecule has 154 valence electrons. The average molecular weight is 427 g/mol. The summed E-state index contributed by atoms with van der Waals surface area (Å²) >= 11 is 12.4. The van der Waals surface area contributed by atoms with Crippen LogP contribution in [0.3, 0.4) is 0 Å². The summed E-state index contributed by atoms with van der Waals surface area (Å²) in [5.74, 6) is 0.981. The van der Waals surface area contributed by atoms with Gasteiger partial charge in [-0.15, -0.1) is 0 Å². The fraction of sp³-hybridized carbons (Fsp3) is 0.600. The van der Waals surface area contributed by atoms with Crippen LogP contribution in [-0.2, 0) is 9.53 Å². The summed E-state index contributed by atoms with van der Waals surface area (Å²) in [6, 6.07) is 3.92. The summed E-state index contributed by atoms with van der Waals surface area (Å²) < 4.78 is 7.60. The number of aromatic nitrogens is 2. The van der Waals surface area contributed by atoms with Gasteiger partial charge in [0.1, 0.15) is 6.73 Å². The van der Waals surface area contributed by atoms with E-state index in [1.807, 2.05) is 26.0 Å². The molecule has 0 aliphatic carbocycles. The topological polar surface area (TPSA) is 59.4 Å².